The van der Waals surface area contributed by atoms with Crippen molar-refractivity contribution in [2.24, 2.45) is 5.41 Å². The highest BCUT2D eigenvalue weighted by Gasteiger charge is 2.49. The van der Waals surface area contributed by atoms with Gasteiger partial charge in [-0.2, -0.15) is 22.0 Å². The molecule has 0 bridgehead atoms. The van der Waals surface area contributed by atoms with Crippen LogP contribution in [0.25, 0.3) is 11.5 Å². The number of hydrogen-bond donors (Lipinski definition) is 2. The van der Waals surface area contributed by atoms with Gasteiger partial charge in [0.2, 0.25) is 5.89 Å². The Morgan fingerprint density at radius 3 is 2.22 bits per heavy atom. The van der Waals surface area contributed by atoms with Crippen molar-refractivity contribution in [3.8, 4) is 11.5 Å². The fourth-order valence-corrected chi connectivity index (χ4v) is 4.41. The van der Waals surface area contributed by atoms with Gasteiger partial charge in [0.1, 0.15) is 5.82 Å². The number of aromatic nitrogens is 2. The second kappa shape index (κ2) is 11.6. The topological polar surface area (TPSA) is 94.7 Å². The molecular formula is C24H19F8N5O3S. The fraction of sp³-hybridized carbons (Fsp3) is 0.333. The van der Waals surface area contributed by atoms with Crippen LogP contribution >= 0.6 is 12.2 Å². The van der Waals surface area contributed by atoms with Crippen molar-refractivity contribution in [2.75, 3.05) is 31.1 Å². The molecule has 41 heavy (non-hydrogen) atoms. The lowest BCUT2D eigenvalue weighted by Gasteiger charge is -2.57. The number of carbonyl (C=O) groups is 1. The number of alkyl halides is 5. The van der Waals surface area contributed by atoms with E-state index in [1.807, 2.05) is 4.90 Å². The van der Waals surface area contributed by atoms with E-state index in [0.29, 0.717) is 18.2 Å². The summed E-state index contributed by atoms with van der Waals surface area (Å²) in [6, 6.07) is 7.35. The third-order valence-electron chi connectivity index (χ3n) is 6.27. The Labute approximate surface area is 231 Å². The number of thiocarbonyl (C=S) groups is 1. The molecule has 8 nitrogen and oxygen atoms in total. The van der Waals surface area contributed by atoms with E-state index >= 15 is 4.39 Å². The quantitative estimate of drug-likeness (QED) is 0.309. The van der Waals surface area contributed by atoms with Crippen molar-refractivity contribution in [1.29, 1.82) is 0 Å². The van der Waals surface area contributed by atoms with E-state index in [1.54, 1.807) is 0 Å². The molecule has 3 heterocycles. The summed E-state index contributed by atoms with van der Waals surface area (Å²) in [6.45, 7) is 3.13. The highest BCUT2D eigenvalue weighted by molar-refractivity contribution is 7.80. The van der Waals surface area contributed by atoms with Crippen LogP contribution in [0.3, 0.4) is 0 Å². The van der Waals surface area contributed by atoms with Gasteiger partial charge in [0.15, 0.2) is 16.7 Å². The molecule has 2 fully saturated rings. The Kier molecular flexibility index (Phi) is 8.49. The SMILES string of the molecule is Fc1ccc(N(Cc2ccc(-c3nnc(C(F)F)o3)cc2F)C(=S)N2CC3(CNC3)C2)cc1F.O=C(O)C(F)(F)F. The molecule has 0 radical (unpaired) electrons. The minimum atomic E-state index is -5.08. The molecule has 0 aliphatic carbocycles. The molecule has 17 heteroatoms. The van der Waals surface area contributed by atoms with Gasteiger partial charge in [-0.05, 0) is 36.5 Å². The maximum atomic E-state index is 15.0. The van der Waals surface area contributed by atoms with Crippen LogP contribution in [0.4, 0.5) is 40.8 Å². The predicted octanol–water partition coefficient (Wildman–Crippen LogP) is 4.92. The Balaban J connectivity index is 0.000000493. The van der Waals surface area contributed by atoms with Gasteiger partial charge in [-0.25, -0.2) is 18.0 Å². The summed E-state index contributed by atoms with van der Waals surface area (Å²) in [5.41, 5.74) is 0.769. The largest absolute Gasteiger partial charge is 0.490 e. The van der Waals surface area contributed by atoms with E-state index in [2.05, 4.69) is 15.5 Å². The molecule has 2 N–H and O–H groups in total. The van der Waals surface area contributed by atoms with Crippen LogP contribution in [0.2, 0.25) is 0 Å². The smallest absolute Gasteiger partial charge is 0.475 e. The minimum Gasteiger partial charge on any atom is -0.475 e. The molecule has 1 spiro atoms. The number of carboxylic acids is 1. The van der Waals surface area contributed by atoms with Crippen molar-refractivity contribution in [3.05, 3.63) is 65.3 Å². The van der Waals surface area contributed by atoms with Crippen LogP contribution in [-0.4, -0.2) is 63.6 Å². The molecule has 2 aliphatic heterocycles. The van der Waals surface area contributed by atoms with E-state index in [-0.39, 0.29) is 34.7 Å². The Hall–Kier alpha value is -3.86. The fourth-order valence-electron chi connectivity index (χ4n) is 4.11. The molecule has 2 saturated heterocycles. The molecule has 2 aromatic carbocycles. The lowest BCUT2D eigenvalue weighted by Crippen LogP contribution is -2.73. The number of anilines is 1. The first kappa shape index (κ1) is 30.1. The average Bonchev–Trinajstić information content (AvgIpc) is 3.34. The first-order valence-corrected chi connectivity index (χ1v) is 12.0. The highest BCUT2D eigenvalue weighted by Crippen LogP contribution is 2.36. The molecule has 5 rings (SSSR count). The zero-order valence-corrected chi connectivity index (χ0v) is 21.4. The van der Waals surface area contributed by atoms with Crippen molar-refractivity contribution in [2.45, 2.75) is 19.1 Å². The lowest BCUT2D eigenvalue weighted by atomic mass is 9.75. The number of nitrogens with zero attached hydrogens (tertiary/aromatic N) is 4. The Morgan fingerprint density at radius 1 is 1.07 bits per heavy atom. The molecule has 1 aromatic heterocycles. The van der Waals surface area contributed by atoms with E-state index in [4.69, 9.17) is 26.5 Å². The van der Waals surface area contributed by atoms with Crippen LogP contribution < -0.4 is 10.2 Å². The molecule has 3 aromatic rings. The molecule has 0 saturated carbocycles. The minimum absolute atomic E-state index is 0.0656. The maximum absolute atomic E-state index is 15.0. The van der Waals surface area contributed by atoms with Crippen LogP contribution in [0.15, 0.2) is 40.8 Å². The molecular weight excluding hydrogens is 590 g/mol. The zero-order valence-electron chi connectivity index (χ0n) is 20.6. The number of rotatable bonds is 5. The summed E-state index contributed by atoms with van der Waals surface area (Å²) < 4.78 is 105. The monoisotopic (exact) mass is 609 g/mol. The summed E-state index contributed by atoms with van der Waals surface area (Å²) >= 11 is 5.64. The summed E-state index contributed by atoms with van der Waals surface area (Å²) in [4.78, 5) is 12.4. The first-order chi connectivity index (χ1) is 19.2. The Morgan fingerprint density at radius 2 is 1.73 bits per heavy atom. The van der Waals surface area contributed by atoms with Gasteiger partial charge in [0.05, 0.1) is 6.54 Å². The van der Waals surface area contributed by atoms with Gasteiger partial charge in [0, 0.05) is 54.5 Å². The summed E-state index contributed by atoms with van der Waals surface area (Å²) in [5.74, 6) is -6.58. The third kappa shape index (κ3) is 6.73. The van der Waals surface area contributed by atoms with Crippen LogP contribution in [0, 0.1) is 22.9 Å². The standard InChI is InChI=1S/C22H18F5N5OS.C2HF3O2/c23-15-4-3-14(6-17(15)25)32(21(34)31-10-22(11-31)8-28-9-22)7-13-2-1-12(5-16(13)24)19-29-30-20(33-19)18(26)27;3-2(4,5)1(6)7/h1-6,18,28H,7-11H2;(H,6,7). The van der Waals surface area contributed by atoms with Crippen LogP contribution in [-0.2, 0) is 11.3 Å². The number of likely N-dealkylation sites (tertiary alicyclic amines) is 1. The van der Waals surface area contributed by atoms with Crippen molar-refractivity contribution < 1.29 is 49.4 Å². The maximum Gasteiger partial charge on any atom is 0.490 e. The number of hydrogen-bond acceptors (Lipinski definition) is 6. The van der Waals surface area contributed by atoms with Gasteiger partial charge >= 0.3 is 18.6 Å². The molecule has 2 aliphatic rings. The van der Waals surface area contributed by atoms with Gasteiger partial charge in [-0.3, -0.25) is 0 Å². The van der Waals surface area contributed by atoms with Gasteiger partial charge in [0.25, 0.3) is 5.89 Å². The lowest BCUT2D eigenvalue weighted by molar-refractivity contribution is -0.192. The predicted molar refractivity (Wildman–Crippen MR) is 130 cm³/mol. The molecule has 0 amide bonds. The van der Waals surface area contributed by atoms with Crippen molar-refractivity contribution in [3.63, 3.8) is 0 Å². The number of nitrogens with one attached hydrogen (secondary N) is 1. The van der Waals surface area contributed by atoms with Crippen LogP contribution in [0.5, 0.6) is 0 Å². The van der Waals surface area contributed by atoms with E-state index in [1.165, 1.54) is 23.1 Å². The van der Waals surface area contributed by atoms with Crippen molar-refractivity contribution >= 4 is 29.0 Å². The zero-order chi connectivity index (χ0) is 30.1. The number of aliphatic carboxylic acids is 1. The Bertz CT molecular complexity index is 1440. The second-order valence-corrected chi connectivity index (χ2v) is 9.65. The number of carboxylic acid groups (broad SMARTS) is 1. The van der Waals surface area contributed by atoms with E-state index in [0.717, 1.165) is 31.3 Å². The highest BCUT2D eigenvalue weighted by atomic mass is 32.1. The van der Waals surface area contributed by atoms with Crippen molar-refractivity contribution in [1.82, 2.24) is 20.4 Å². The average molecular weight is 609 g/mol. The summed E-state index contributed by atoms with van der Waals surface area (Å²) in [5, 5.41) is 17.5. The van der Waals surface area contributed by atoms with Gasteiger partial charge in [-0.15, -0.1) is 10.2 Å². The summed E-state index contributed by atoms with van der Waals surface area (Å²) in [7, 11) is 0. The van der Waals surface area contributed by atoms with Gasteiger partial charge < -0.3 is 24.6 Å². The molecule has 0 atom stereocenters. The summed E-state index contributed by atoms with van der Waals surface area (Å²) in [6.07, 6.45) is -8.02. The van der Waals surface area contributed by atoms with Gasteiger partial charge in [-0.1, -0.05) is 6.07 Å². The first-order valence-electron chi connectivity index (χ1n) is 11.6. The van der Waals surface area contributed by atoms with Crippen LogP contribution in [0.1, 0.15) is 17.9 Å². The number of halogens is 8. The normalized spacial score (nSPS) is 15.6. The third-order valence-corrected chi connectivity index (χ3v) is 6.75. The van der Waals surface area contributed by atoms with E-state index < -0.39 is 41.9 Å². The number of benzene rings is 2. The van der Waals surface area contributed by atoms with E-state index in [9.17, 15) is 30.7 Å². The molecule has 0 unspecified atom stereocenters. The molecule has 220 valence electrons. The second-order valence-electron chi connectivity index (χ2n) is 9.28.